The molecule has 0 aliphatic carbocycles. The first-order valence-electron chi connectivity index (χ1n) is 9.16. The minimum Gasteiger partial charge on any atom is -0.491 e. The maximum atomic E-state index is 12.8. The summed E-state index contributed by atoms with van der Waals surface area (Å²) < 4.78 is 5.73. The predicted octanol–water partition coefficient (Wildman–Crippen LogP) is 3.48. The van der Waals surface area contributed by atoms with Gasteiger partial charge in [0.25, 0.3) is 5.91 Å². The highest BCUT2D eigenvalue weighted by atomic mass is 16.6. The molecule has 0 aromatic heterocycles. The third kappa shape index (κ3) is 3.12. The minimum absolute atomic E-state index is 0.0747. The summed E-state index contributed by atoms with van der Waals surface area (Å²) >= 11 is 0. The van der Waals surface area contributed by atoms with Crippen LogP contribution < -0.4 is 15.0 Å². The monoisotopic (exact) mass is 365 g/mol. The maximum absolute atomic E-state index is 12.8. The predicted molar refractivity (Wildman–Crippen MR) is 104 cm³/mol. The number of carbonyl (C=O) groups is 1. The second kappa shape index (κ2) is 6.95. The van der Waals surface area contributed by atoms with Crippen molar-refractivity contribution < 1.29 is 14.4 Å². The van der Waals surface area contributed by atoms with Crippen molar-refractivity contribution >= 4 is 17.3 Å². The van der Waals surface area contributed by atoms with Crippen LogP contribution in [0.4, 0.5) is 5.69 Å². The Morgan fingerprint density at radius 1 is 1.15 bits per heavy atom. The molecule has 2 aromatic rings. The molecule has 2 aromatic carbocycles. The molecule has 2 aliphatic heterocycles. The highest BCUT2D eigenvalue weighted by molar-refractivity contribution is 6.13. The summed E-state index contributed by atoms with van der Waals surface area (Å²) in [6.07, 6.45) is 0.661. The van der Waals surface area contributed by atoms with E-state index in [9.17, 15) is 4.79 Å². The van der Waals surface area contributed by atoms with Crippen molar-refractivity contribution in [1.82, 2.24) is 5.32 Å². The number of nitrogens with zero attached hydrogens (tertiary/aromatic N) is 2. The van der Waals surface area contributed by atoms with Crippen LogP contribution in [0.25, 0.3) is 0 Å². The number of anilines is 1. The largest absolute Gasteiger partial charge is 0.491 e. The summed E-state index contributed by atoms with van der Waals surface area (Å²) in [4.78, 5) is 20.0. The van der Waals surface area contributed by atoms with Gasteiger partial charge in [0.05, 0.1) is 23.1 Å². The summed E-state index contributed by atoms with van der Waals surface area (Å²) in [7, 11) is 1.55. The molecule has 6 heteroatoms. The van der Waals surface area contributed by atoms with Gasteiger partial charge < -0.3 is 19.8 Å². The van der Waals surface area contributed by atoms with Gasteiger partial charge in [0.2, 0.25) is 0 Å². The Morgan fingerprint density at radius 3 is 2.59 bits per heavy atom. The lowest BCUT2D eigenvalue weighted by molar-refractivity contribution is 0.0926. The SMILES string of the molecule is CO/N=C1/CCN2c3c(cccc31)C(=O)NC2c1ccc(OC(C)C)cc1. The molecule has 27 heavy (non-hydrogen) atoms. The lowest BCUT2D eigenvalue weighted by Gasteiger charge is -2.42. The van der Waals surface area contributed by atoms with Gasteiger partial charge in [-0.15, -0.1) is 0 Å². The fourth-order valence-electron chi connectivity index (χ4n) is 3.75. The zero-order chi connectivity index (χ0) is 19.0. The van der Waals surface area contributed by atoms with E-state index in [2.05, 4.69) is 15.4 Å². The summed E-state index contributed by atoms with van der Waals surface area (Å²) in [6, 6.07) is 13.7. The first kappa shape index (κ1) is 17.4. The summed E-state index contributed by atoms with van der Waals surface area (Å²) in [6.45, 7) is 4.75. The number of oxime groups is 1. The number of rotatable bonds is 4. The van der Waals surface area contributed by atoms with E-state index in [0.717, 1.165) is 41.2 Å². The molecular formula is C21H23N3O3. The lowest BCUT2D eigenvalue weighted by atomic mass is 9.92. The first-order valence-corrected chi connectivity index (χ1v) is 9.16. The second-order valence-electron chi connectivity index (χ2n) is 6.98. The summed E-state index contributed by atoms with van der Waals surface area (Å²) in [5.41, 5.74) is 4.45. The van der Waals surface area contributed by atoms with E-state index in [1.165, 1.54) is 0 Å². The molecule has 140 valence electrons. The highest BCUT2D eigenvalue weighted by Crippen LogP contribution is 2.39. The molecule has 2 heterocycles. The van der Waals surface area contributed by atoms with E-state index in [1.807, 2.05) is 56.3 Å². The number of benzene rings is 2. The zero-order valence-corrected chi connectivity index (χ0v) is 15.7. The number of hydrogen-bond donors (Lipinski definition) is 1. The van der Waals surface area contributed by atoms with Crippen LogP contribution >= 0.6 is 0 Å². The molecule has 6 nitrogen and oxygen atoms in total. The van der Waals surface area contributed by atoms with Crippen molar-refractivity contribution in [3.8, 4) is 5.75 Å². The first-order chi connectivity index (χ1) is 13.1. The average Bonchev–Trinajstić information content (AvgIpc) is 2.66. The van der Waals surface area contributed by atoms with Gasteiger partial charge in [-0.2, -0.15) is 0 Å². The van der Waals surface area contributed by atoms with Gasteiger partial charge in [0.15, 0.2) is 0 Å². The van der Waals surface area contributed by atoms with E-state index in [1.54, 1.807) is 7.11 Å². The van der Waals surface area contributed by atoms with Gasteiger partial charge in [-0.25, -0.2) is 0 Å². The Morgan fingerprint density at radius 2 is 1.89 bits per heavy atom. The Balaban J connectivity index is 1.73. The maximum Gasteiger partial charge on any atom is 0.255 e. The molecule has 0 saturated heterocycles. The molecule has 0 bridgehead atoms. The van der Waals surface area contributed by atoms with Crippen LogP contribution in [-0.2, 0) is 4.84 Å². The van der Waals surface area contributed by atoms with E-state index >= 15 is 0 Å². The molecule has 0 fully saturated rings. The van der Waals surface area contributed by atoms with Gasteiger partial charge in [0, 0.05) is 18.5 Å². The number of hydrogen-bond acceptors (Lipinski definition) is 5. The Kier molecular flexibility index (Phi) is 4.48. The van der Waals surface area contributed by atoms with Crippen molar-refractivity contribution in [2.45, 2.75) is 32.5 Å². The fraction of sp³-hybridized carbons (Fsp3) is 0.333. The Labute approximate surface area is 158 Å². The quantitative estimate of drug-likeness (QED) is 0.843. The Bertz CT molecular complexity index is 890. The molecule has 1 N–H and O–H groups in total. The van der Waals surface area contributed by atoms with E-state index in [0.29, 0.717) is 5.56 Å². The minimum atomic E-state index is -0.219. The van der Waals surface area contributed by atoms with Gasteiger partial charge in [-0.05, 0) is 37.6 Å². The second-order valence-corrected chi connectivity index (χ2v) is 6.98. The number of amides is 1. The fourth-order valence-corrected chi connectivity index (χ4v) is 3.75. The van der Waals surface area contributed by atoms with Crippen molar-refractivity contribution in [3.05, 3.63) is 59.2 Å². The molecule has 2 aliphatic rings. The van der Waals surface area contributed by atoms with E-state index in [4.69, 9.17) is 9.57 Å². The zero-order valence-electron chi connectivity index (χ0n) is 15.7. The van der Waals surface area contributed by atoms with Crippen molar-refractivity contribution in [3.63, 3.8) is 0 Å². The normalized spacial score (nSPS) is 19.7. The van der Waals surface area contributed by atoms with E-state index in [-0.39, 0.29) is 18.2 Å². The number of carbonyl (C=O) groups excluding carboxylic acids is 1. The van der Waals surface area contributed by atoms with Gasteiger partial charge >= 0.3 is 0 Å². The molecular weight excluding hydrogens is 342 g/mol. The Hall–Kier alpha value is -3.02. The van der Waals surface area contributed by atoms with Crippen molar-refractivity contribution in [1.29, 1.82) is 0 Å². The van der Waals surface area contributed by atoms with Crippen LogP contribution in [0.2, 0.25) is 0 Å². The molecule has 0 saturated carbocycles. The molecule has 1 unspecified atom stereocenters. The number of para-hydroxylation sites is 1. The van der Waals surface area contributed by atoms with Crippen LogP contribution in [0.1, 0.15) is 47.9 Å². The van der Waals surface area contributed by atoms with Gasteiger partial charge in [-0.3, -0.25) is 4.79 Å². The van der Waals surface area contributed by atoms with E-state index < -0.39 is 0 Å². The third-order valence-corrected chi connectivity index (χ3v) is 4.82. The smallest absolute Gasteiger partial charge is 0.255 e. The molecule has 0 spiro atoms. The van der Waals surface area contributed by atoms with Crippen LogP contribution in [0, 0.1) is 0 Å². The average molecular weight is 365 g/mol. The van der Waals surface area contributed by atoms with Crippen LogP contribution in [0.5, 0.6) is 5.75 Å². The standard InChI is InChI=1S/C21H23N3O3/c1-13(2)27-15-9-7-14(8-10-15)20-22-21(25)17-6-4-5-16-18(23-26-3)11-12-24(20)19(16)17/h4-10,13,20H,11-12H2,1-3H3,(H,22,25)/b23-18-. The van der Waals surface area contributed by atoms with Gasteiger partial charge in [-0.1, -0.05) is 29.4 Å². The molecule has 1 atom stereocenters. The molecule has 4 rings (SSSR count). The topological polar surface area (TPSA) is 63.2 Å². The molecule has 0 radical (unpaired) electrons. The molecule has 1 amide bonds. The van der Waals surface area contributed by atoms with Gasteiger partial charge in [0.1, 0.15) is 19.0 Å². The van der Waals surface area contributed by atoms with Crippen LogP contribution in [0.15, 0.2) is 47.6 Å². The highest BCUT2D eigenvalue weighted by Gasteiger charge is 2.37. The summed E-state index contributed by atoms with van der Waals surface area (Å²) in [5.74, 6) is 0.749. The van der Waals surface area contributed by atoms with Crippen molar-refractivity contribution in [2.75, 3.05) is 18.6 Å². The number of ether oxygens (including phenoxy) is 1. The summed E-state index contributed by atoms with van der Waals surface area (Å²) in [5, 5.41) is 7.30. The van der Waals surface area contributed by atoms with Crippen LogP contribution in [-0.4, -0.2) is 31.4 Å². The lowest BCUT2D eigenvalue weighted by Crippen LogP contribution is -2.49. The number of nitrogens with one attached hydrogen (secondary N) is 1. The van der Waals surface area contributed by atoms with Crippen LogP contribution in [0.3, 0.4) is 0 Å². The third-order valence-electron chi connectivity index (χ3n) is 4.82. The van der Waals surface area contributed by atoms with Crippen molar-refractivity contribution in [2.24, 2.45) is 5.16 Å².